The van der Waals surface area contributed by atoms with Gasteiger partial charge in [-0.3, -0.25) is 4.79 Å². The minimum atomic E-state index is -0.367. The number of hydrogen-bond acceptors (Lipinski definition) is 3. The largest absolute Gasteiger partial charge is 0.504 e. The molecular weight excluding hydrogens is 290 g/mol. The molecule has 1 aliphatic rings. The van der Waals surface area contributed by atoms with E-state index in [2.05, 4.69) is 0 Å². The molecule has 0 fully saturated rings. The van der Waals surface area contributed by atoms with Crippen molar-refractivity contribution in [1.29, 1.82) is 0 Å². The van der Waals surface area contributed by atoms with Crippen LogP contribution in [0.25, 0.3) is 11.6 Å². The molecule has 0 spiro atoms. The van der Waals surface area contributed by atoms with Crippen molar-refractivity contribution in [2.24, 2.45) is 0 Å². The maximum atomic E-state index is 12.3. The van der Waals surface area contributed by atoms with Crippen LogP contribution in [-0.4, -0.2) is 23.2 Å². The van der Waals surface area contributed by atoms with Gasteiger partial charge in [-0.25, -0.2) is 0 Å². The van der Waals surface area contributed by atoms with Crippen LogP contribution in [0.2, 0.25) is 5.02 Å². The van der Waals surface area contributed by atoms with E-state index in [1.807, 2.05) is 24.3 Å². The predicted molar refractivity (Wildman–Crippen MR) is 82.5 cm³/mol. The molecule has 21 heavy (non-hydrogen) atoms. The lowest BCUT2D eigenvalue weighted by Gasteiger charge is -2.08. The van der Waals surface area contributed by atoms with E-state index in [9.17, 15) is 15.0 Å². The lowest BCUT2D eigenvalue weighted by molar-refractivity contribution is -0.112. The van der Waals surface area contributed by atoms with Gasteiger partial charge in [0.2, 0.25) is 0 Å². The summed E-state index contributed by atoms with van der Waals surface area (Å²) in [5.74, 6) is -0.810. The number of amides is 1. The number of hydrogen-bond donors (Lipinski definition) is 2. The minimum Gasteiger partial charge on any atom is -0.504 e. The zero-order valence-electron chi connectivity index (χ0n) is 11.2. The number of phenols is 2. The van der Waals surface area contributed by atoms with Crippen LogP contribution in [0.1, 0.15) is 11.1 Å². The van der Waals surface area contributed by atoms with Gasteiger partial charge in [0.1, 0.15) is 0 Å². The quantitative estimate of drug-likeness (QED) is 0.628. The van der Waals surface area contributed by atoms with Gasteiger partial charge in [0.25, 0.3) is 5.91 Å². The summed E-state index contributed by atoms with van der Waals surface area (Å²) in [4.78, 5) is 13.9. The number of benzene rings is 2. The second-order valence-electron chi connectivity index (χ2n) is 4.81. The van der Waals surface area contributed by atoms with Gasteiger partial charge >= 0.3 is 0 Å². The smallest absolute Gasteiger partial charge is 0.258 e. The summed E-state index contributed by atoms with van der Waals surface area (Å²) in [6, 6.07) is 10.3. The highest BCUT2D eigenvalue weighted by atomic mass is 35.5. The number of halogens is 1. The summed E-state index contributed by atoms with van der Waals surface area (Å²) in [6.07, 6.45) is 1.65. The van der Waals surface area contributed by atoms with E-state index in [1.165, 1.54) is 12.1 Å². The molecule has 4 nitrogen and oxygen atoms in total. The van der Waals surface area contributed by atoms with Gasteiger partial charge in [0.05, 0.1) is 10.7 Å². The number of fused-ring (bicyclic) bond motifs is 1. The van der Waals surface area contributed by atoms with Crippen LogP contribution in [0.15, 0.2) is 36.4 Å². The number of aromatic hydroxyl groups is 2. The lowest BCUT2D eigenvalue weighted by Crippen LogP contribution is -2.20. The summed E-state index contributed by atoms with van der Waals surface area (Å²) in [6.45, 7) is 0. The van der Waals surface area contributed by atoms with Gasteiger partial charge < -0.3 is 15.1 Å². The van der Waals surface area contributed by atoms with Crippen LogP contribution in [-0.2, 0) is 4.79 Å². The molecule has 1 heterocycles. The van der Waals surface area contributed by atoms with Crippen LogP contribution < -0.4 is 4.90 Å². The van der Waals surface area contributed by atoms with Crippen LogP contribution in [0, 0.1) is 0 Å². The Balaban J connectivity index is 2.14. The third-order valence-electron chi connectivity index (χ3n) is 3.47. The van der Waals surface area contributed by atoms with Crippen molar-refractivity contribution in [3.63, 3.8) is 0 Å². The Kier molecular flexibility index (Phi) is 3.11. The van der Waals surface area contributed by atoms with Crippen molar-refractivity contribution in [2.75, 3.05) is 11.9 Å². The molecule has 106 valence electrons. The second kappa shape index (κ2) is 4.82. The van der Waals surface area contributed by atoms with E-state index in [-0.39, 0.29) is 22.4 Å². The topological polar surface area (TPSA) is 60.8 Å². The number of phenolic OH excluding ortho intramolecular Hbond substituents is 2. The maximum Gasteiger partial charge on any atom is 0.258 e. The second-order valence-corrected chi connectivity index (χ2v) is 5.22. The average molecular weight is 302 g/mol. The molecule has 0 radical (unpaired) electrons. The first kappa shape index (κ1) is 13.5. The number of anilines is 1. The minimum absolute atomic E-state index is 0.0361. The molecule has 5 heteroatoms. The van der Waals surface area contributed by atoms with E-state index >= 15 is 0 Å². The van der Waals surface area contributed by atoms with Crippen molar-refractivity contribution >= 4 is 34.8 Å². The molecule has 1 aliphatic heterocycles. The summed E-state index contributed by atoms with van der Waals surface area (Å²) >= 11 is 5.84. The molecule has 1 amide bonds. The zero-order valence-corrected chi connectivity index (χ0v) is 11.9. The molecule has 0 saturated carbocycles. The number of carbonyl (C=O) groups is 1. The van der Waals surface area contributed by atoms with Gasteiger partial charge in [0.15, 0.2) is 11.5 Å². The first-order valence-corrected chi connectivity index (χ1v) is 6.67. The highest BCUT2D eigenvalue weighted by molar-refractivity contribution is 6.36. The highest BCUT2D eigenvalue weighted by Gasteiger charge is 2.29. The van der Waals surface area contributed by atoms with Gasteiger partial charge in [-0.2, -0.15) is 0 Å². The Morgan fingerprint density at radius 1 is 1.19 bits per heavy atom. The van der Waals surface area contributed by atoms with Gasteiger partial charge in [-0.05, 0) is 29.8 Å². The van der Waals surface area contributed by atoms with Crippen LogP contribution in [0.4, 0.5) is 5.69 Å². The van der Waals surface area contributed by atoms with Crippen molar-refractivity contribution < 1.29 is 15.0 Å². The maximum absolute atomic E-state index is 12.3. The van der Waals surface area contributed by atoms with Crippen LogP contribution in [0.5, 0.6) is 11.5 Å². The normalized spacial score (nSPS) is 15.6. The molecule has 0 aromatic heterocycles. The fourth-order valence-electron chi connectivity index (χ4n) is 2.39. The Morgan fingerprint density at radius 2 is 1.90 bits per heavy atom. The molecule has 2 N–H and O–H groups in total. The number of likely N-dealkylation sites (N-methyl/N-ethyl adjacent to an activating group) is 1. The highest BCUT2D eigenvalue weighted by Crippen LogP contribution is 2.39. The Hall–Kier alpha value is -2.46. The monoisotopic (exact) mass is 301 g/mol. The number of carbonyl (C=O) groups excluding carboxylic acids is 1. The summed E-state index contributed by atoms with van der Waals surface area (Å²) < 4.78 is 0. The average Bonchev–Trinajstić information content (AvgIpc) is 2.70. The summed E-state index contributed by atoms with van der Waals surface area (Å²) in [5, 5.41) is 19.1. The van der Waals surface area contributed by atoms with Crippen molar-refractivity contribution in [3.8, 4) is 11.5 Å². The van der Waals surface area contributed by atoms with E-state index < -0.39 is 0 Å². The standard InChI is InChI=1S/C16H12ClNO3/c1-18-13-5-3-2-4-10(13)11(16(18)21)6-9-7-12(17)15(20)14(19)8-9/h2-8,19-20H,1H3/b11-6-. The molecule has 0 saturated heterocycles. The Morgan fingerprint density at radius 3 is 2.62 bits per heavy atom. The molecule has 0 aliphatic carbocycles. The van der Waals surface area contributed by atoms with Gasteiger partial charge in [-0.1, -0.05) is 29.8 Å². The van der Waals surface area contributed by atoms with Gasteiger partial charge in [0, 0.05) is 18.2 Å². The van der Waals surface area contributed by atoms with E-state index in [4.69, 9.17) is 11.6 Å². The zero-order chi connectivity index (χ0) is 15.1. The van der Waals surface area contributed by atoms with Crippen molar-refractivity contribution in [1.82, 2.24) is 0 Å². The molecular formula is C16H12ClNO3. The SMILES string of the molecule is CN1C(=O)/C(=C\c2cc(O)c(O)c(Cl)c2)c2ccccc21. The molecule has 0 unspecified atom stereocenters. The lowest BCUT2D eigenvalue weighted by atomic mass is 10.0. The molecule has 2 aromatic carbocycles. The molecule has 0 atom stereocenters. The first-order valence-electron chi connectivity index (χ1n) is 6.29. The third-order valence-corrected chi connectivity index (χ3v) is 3.76. The molecule has 0 bridgehead atoms. The third kappa shape index (κ3) is 2.14. The number of nitrogens with zero attached hydrogens (tertiary/aromatic N) is 1. The number of rotatable bonds is 1. The predicted octanol–water partition coefficient (Wildman–Crippen LogP) is 3.27. The summed E-state index contributed by atoms with van der Waals surface area (Å²) in [5.41, 5.74) is 2.73. The Labute approximate surface area is 126 Å². The van der Waals surface area contributed by atoms with Crippen LogP contribution >= 0.6 is 11.6 Å². The molecule has 2 aromatic rings. The summed E-state index contributed by atoms with van der Waals surface area (Å²) in [7, 11) is 1.71. The van der Waals surface area contributed by atoms with Crippen molar-refractivity contribution in [2.45, 2.75) is 0 Å². The fourth-order valence-corrected chi connectivity index (χ4v) is 2.62. The first-order chi connectivity index (χ1) is 9.99. The van der Waals surface area contributed by atoms with E-state index in [1.54, 1.807) is 18.0 Å². The van der Waals surface area contributed by atoms with Gasteiger partial charge in [-0.15, -0.1) is 0 Å². The van der Waals surface area contributed by atoms with E-state index in [0.29, 0.717) is 11.1 Å². The van der Waals surface area contributed by atoms with Crippen molar-refractivity contribution in [3.05, 3.63) is 52.5 Å². The van der Waals surface area contributed by atoms with Crippen LogP contribution in [0.3, 0.4) is 0 Å². The number of para-hydroxylation sites is 1. The van der Waals surface area contributed by atoms with E-state index in [0.717, 1.165) is 11.3 Å². The fraction of sp³-hybridized carbons (Fsp3) is 0.0625. The Bertz CT molecular complexity index is 760. The molecule has 3 rings (SSSR count).